The van der Waals surface area contributed by atoms with E-state index in [9.17, 15) is 9.90 Å². The van der Waals surface area contributed by atoms with Crippen LogP contribution >= 0.6 is 11.6 Å². The molecule has 0 aliphatic carbocycles. The number of amides is 1. The second kappa shape index (κ2) is 6.21. The van der Waals surface area contributed by atoms with Crippen molar-refractivity contribution in [3.05, 3.63) is 40.5 Å². The Morgan fingerprint density at radius 1 is 1.38 bits per heavy atom. The molecule has 0 saturated heterocycles. The van der Waals surface area contributed by atoms with Crippen molar-refractivity contribution in [2.45, 2.75) is 38.7 Å². The fraction of sp³-hybridized carbons (Fsp3) is 0.421. The number of anilines is 1. The summed E-state index contributed by atoms with van der Waals surface area (Å²) in [5.74, 6) is 0.0649. The Labute approximate surface area is 158 Å². The van der Waals surface area contributed by atoms with Crippen molar-refractivity contribution < 1.29 is 9.90 Å². The molecule has 1 aliphatic rings. The number of nitrogens with zero attached hydrogens (tertiary/aromatic N) is 3. The van der Waals surface area contributed by atoms with Gasteiger partial charge in [0.25, 0.3) is 5.91 Å². The van der Waals surface area contributed by atoms with Gasteiger partial charge in [-0.15, -0.1) is 0 Å². The topological polar surface area (TPSA) is 92.3 Å². The molecule has 3 rings (SSSR count). The molecule has 1 aromatic carbocycles. The van der Waals surface area contributed by atoms with Crippen LogP contribution in [0.15, 0.2) is 24.4 Å². The first kappa shape index (κ1) is 18.6. The van der Waals surface area contributed by atoms with Gasteiger partial charge in [0.15, 0.2) is 0 Å². The summed E-state index contributed by atoms with van der Waals surface area (Å²) in [5, 5.41) is 10.5. The molecule has 0 fully saturated rings. The number of carbonyl (C=O) groups excluding carboxylic acids is 1. The number of aromatic nitrogens is 2. The van der Waals surface area contributed by atoms with Crippen LogP contribution < -0.4 is 5.73 Å². The predicted molar refractivity (Wildman–Crippen MR) is 102 cm³/mol. The standard InChI is InChI=1S/C19H23ClN4O2/c1-18(2)9-24(10-19(3,4)26)16(25)12-6-5-11(7-13(12)18)15-14(20)8-22-17(21)23-15/h5-8,26H,9-10H2,1-4H3,(H2,21,22,23). The third-order valence-electron chi connectivity index (χ3n) is 4.47. The van der Waals surface area contributed by atoms with Gasteiger partial charge < -0.3 is 15.7 Å². The van der Waals surface area contributed by atoms with Gasteiger partial charge in [-0.2, -0.15) is 0 Å². The summed E-state index contributed by atoms with van der Waals surface area (Å²) in [4.78, 5) is 22.7. The van der Waals surface area contributed by atoms with Crippen LogP contribution in [0.2, 0.25) is 5.02 Å². The third kappa shape index (κ3) is 3.52. The molecular weight excluding hydrogens is 352 g/mol. The van der Waals surface area contributed by atoms with Gasteiger partial charge >= 0.3 is 0 Å². The normalized spacial score (nSPS) is 16.5. The highest BCUT2D eigenvalue weighted by molar-refractivity contribution is 6.32. The monoisotopic (exact) mass is 374 g/mol. The van der Waals surface area contributed by atoms with E-state index in [0.29, 0.717) is 22.8 Å². The van der Waals surface area contributed by atoms with Gasteiger partial charge in [-0.1, -0.05) is 31.5 Å². The maximum Gasteiger partial charge on any atom is 0.254 e. The van der Waals surface area contributed by atoms with Crippen molar-refractivity contribution in [2.24, 2.45) is 0 Å². The second-order valence-corrected chi connectivity index (χ2v) is 8.45. The van der Waals surface area contributed by atoms with E-state index in [1.807, 2.05) is 12.1 Å². The number of carbonyl (C=O) groups is 1. The smallest absolute Gasteiger partial charge is 0.254 e. The van der Waals surface area contributed by atoms with Crippen LogP contribution in [0.1, 0.15) is 43.6 Å². The first-order chi connectivity index (χ1) is 12.0. The van der Waals surface area contributed by atoms with Crippen LogP contribution in [-0.2, 0) is 5.41 Å². The van der Waals surface area contributed by atoms with Gasteiger partial charge in [0.1, 0.15) is 0 Å². The highest BCUT2D eigenvalue weighted by atomic mass is 35.5. The number of fused-ring (bicyclic) bond motifs is 1. The van der Waals surface area contributed by atoms with Gasteiger partial charge in [-0.05, 0) is 31.5 Å². The van der Waals surface area contributed by atoms with Crippen LogP contribution in [0.4, 0.5) is 5.95 Å². The van der Waals surface area contributed by atoms with Crippen LogP contribution in [-0.4, -0.2) is 44.6 Å². The molecule has 0 spiro atoms. The SMILES string of the molecule is CC(C)(O)CN1CC(C)(C)c2cc(-c3nc(N)ncc3Cl)ccc2C1=O. The quantitative estimate of drug-likeness (QED) is 0.861. The molecule has 26 heavy (non-hydrogen) atoms. The van der Waals surface area contributed by atoms with Gasteiger partial charge in [-0.25, -0.2) is 9.97 Å². The Kier molecular flexibility index (Phi) is 4.45. The first-order valence-corrected chi connectivity index (χ1v) is 8.80. The van der Waals surface area contributed by atoms with E-state index in [-0.39, 0.29) is 23.8 Å². The maximum atomic E-state index is 12.9. The minimum atomic E-state index is -0.949. The van der Waals surface area contributed by atoms with Gasteiger partial charge in [0.2, 0.25) is 5.95 Å². The second-order valence-electron chi connectivity index (χ2n) is 8.04. The average molecular weight is 375 g/mol. The van der Waals surface area contributed by atoms with E-state index in [0.717, 1.165) is 11.1 Å². The van der Waals surface area contributed by atoms with E-state index in [1.165, 1.54) is 6.20 Å². The Morgan fingerprint density at radius 2 is 2.08 bits per heavy atom. The minimum Gasteiger partial charge on any atom is -0.389 e. The van der Waals surface area contributed by atoms with Crippen LogP contribution in [0.3, 0.4) is 0 Å². The lowest BCUT2D eigenvalue weighted by molar-refractivity contribution is 0.0227. The molecule has 0 saturated carbocycles. The Morgan fingerprint density at radius 3 is 2.73 bits per heavy atom. The van der Waals surface area contributed by atoms with Crippen molar-refractivity contribution in [1.82, 2.24) is 14.9 Å². The molecule has 1 aliphatic heterocycles. The molecular formula is C19H23ClN4O2. The Balaban J connectivity index is 2.07. The van der Waals surface area contributed by atoms with E-state index in [2.05, 4.69) is 23.8 Å². The van der Waals surface area contributed by atoms with Crippen molar-refractivity contribution in [2.75, 3.05) is 18.8 Å². The van der Waals surface area contributed by atoms with Crippen molar-refractivity contribution >= 4 is 23.5 Å². The first-order valence-electron chi connectivity index (χ1n) is 8.42. The molecule has 0 atom stereocenters. The summed E-state index contributed by atoms with van der Waals surface area (Å²) in [7, 11) is 0. The number of nitrogen functional groups attached to an aromatic ring is 1. The summed E-state index contributed by atoms with van der Waals surface area (Å²) >= 11 is 6.23. The maximum absolute atomic E-state index is 12.9. The Hall–Kier alpha value is -2.18. The molecule has 1 amide bonds. The predicted octanol–water partition coefficient (Wildman–Crippen LogP) is 2.88. The lowest BCUT2D eigenvalue weighted by Gasteiger charge is -2.41. The fourth-order valence-electron chi connectivity index (χ4n) is 3.42. The molecule has 1 aromatic heterocycles. The average Bonchev–Trinajstić information content (AvgIpc) is 2.53. The zero-order valence-corrected chi connectivity index (χ0v) is 16.1. The number of hydrogen-bond donors (Lipinski definition) is 2. The summed E-state index contributed by atoms with van der Waals surface area (Å²) in [5.41, 5.74) is 7.36. The summed E-state index contributed by atoms with van der Waals surface area (Å²) in [6.07, 6.45) is 1.47. The number of β-amino-alcohol motifs (C(OH)–C–C–N with tert-alkyl or cyclic N) is 1. The lowest BCUT2D eigenvalue weighted by Crippen LogP contribution is -2.51. The van der Waals surface area contributed by atoms with Crippen LogP contribution in [0.25, 0.3) is 11.3 Å². The molecule has 6 nitrogen and oxygen atoms in total. The summed E-state index contributed by atoms with van der Waals surface area (Å²) in [6.45, 7) is 8.36. The molecule has 0 bridgehead atoms. The number of nitrogens with two attached hydrogens (primary N) is 1. The van der Waals surface area contributed by atoms with E-state index in [1.54, 1.807) is 24.8 Å². The zero-order chi connectivity index (χ0) is 19.3. The largest absolute Gasteiger partial charge is 0.389 e. The van der Waals surface area contributed by atoms with Gasteiger partial charge in [0.05, 0.1) is 22.5 Å². The summed E-state index contributed by atoms with van der Waals surface area (Å²) in [6, 6.07) is 5.55. The van der Waals surface area contributed by atoms with E-state index >= 15 is 0 Å². The number of rotatable bonds is 3. The van der Waals surface area contributed by atoms with E-state index < -0.39 is 5.60 Å². The van der Waals surface area contributed by atoms with Crippen LogP contribution in [0.5, 0.6) is 0 Å². The van der Waals surface area contributed by atoms with Crippen molar-refractivity contribution in [3.8, 4) is 11.3 Å². The zero-order valence-electron chi connectivity index (χ0n) is 15.4. The number of halogens is 1. The minimum absolute atomic E-state index is 0.0821. The molecule has 0 unspecified atom stereocenters. The molecule has 138 valence electrons. The van der Waals surface area contributed by atoms with Crippen LogP contribution in [0, 0.1) is 0 Å². The fourth-order valence-corrected chi connectivity index (χ4v) is 3.62. The number of benzene rings is 1. The number of aliphatic hydroxyl groups is 1. The molecule has 0 radical (unpaired) electrons. The molecule has 3 N–H and O–H groups in total. The molecule has 2 aromatic rings. The van der Waals surface area contributed by atoms with Crippen molar-refractivity contribution in [1.29, 1.82) is 0 Å². The summed E-state index contributed by atoms with van der Waals surface area (Å²) < 4.78 is 0. The number of hydrogen-bond acceptors (Lipinski definition) is 5. The van der Waals surface area contributed by atoms with Gasteiger partial charge in [-0.3, -0.25) is 4.79 Å². The highest BCUT2D eigenvalue weighted by Gasteiger charge is 2.38. The van der Waals surface area contributed by atoms with Gasteiger partial charge in [0, 0.05) is 29.6 Å². The van der Waals surface area contributed by atoms with E-state index in [4.69, 9.17) is 17.3 Å². The molecule has 7 heteroatoms. The van der Waals surface area contributed by atoms with Crippen molar-refractivity contribution in [3.63, 3.8) is 0 Å². The molecule has 2 heterocycles. The lowest BCUT2D eigenvalue weighted by atomic mass is 9.77. The highest BCUT2D eigenvalue weighted by Crippen LogP contribution is 2.37. The Bertz CT molecular complexity index is 874. The third-order valence-corrected chi connectivity index (χ3v) is 4.74.